The van der Waals surface area contributed by atoms with E-state index < -0.39 is 6.10 Å². The van der Waals surface area contributed by atoms with E-state index in [1.165, 1.54) is 161 Å². The van der Waals surface area contributed by atoms with Crippen molar-refractivity contribution in [3.8, 4) is 0 Å². The molecule has 1 N–H and O–H groups in total. The summed E-state index contributed by atoms with van der Waals surface area (Å²) in [6.07, 6.45) is 38.4. The summed E-state index contributed by atoms with van der Waals surface area (Å²) in [5, 5.41) is 11.0. The predicted molar refractivity (Wildman–Crippen MR) is 181 cm³/mol. The third-order valence-electron chi connectivity index (χ3n) is 8.98. The van der Waals surface area contributed by atoms with Crippen LogP contribution < -0.4 is 0 Å². The fourth-order valence-electron chi connectivity index (χ4n) is 6.05. The van der Waals surface area contributed by atoms with E-state index in [9.17, 15) is 9.90 Å². The summed E-state index contributed by atoms with van der Waals surface area (Å²) < 4.78 is 5.69. The maximum atomic E-state index is 13.0. The van der Waals surface area contributed by atoms with Crippen LogP contribution in [0.3, 0.4) is 0 Å². The van der Waals surface area contributed by atoms with Gasteiger partial charge >= 0.3 is 5.97 Å². The molecule has 2 unspecified atom stereocenters. The lowest BCUT2D eigenvalue weighted by molar-refractivity contribution is -0.153. The Hall–Kier alpha value is -0.570. The number of hydrogen-bond acceptors (Lipinski definition) is 3. The molecule has 0 rings (SSSR count). The fraction of sp³-hybridized carbons (Fsp3) is 0.974. The topological polar surface area (TPSA) is 46.5 Å². The summed E-state index contributed by atoms with van der Waals surface area (Å²) in [4.78, 5) is 13.0. The van der Waals surface area contributed by atoms with E-state index in [1.54, 1.807) is 0 Å². The highest BCUT2D eigenvalue weighted by Crippen LogP contribution is 2.22. The zero-order valence-corrected chi connectivity index (χ0v) is 28.5. The molecule has 0 aliphatic rings. The highest BCUT2D eigenvalue weighted by molar-refractivity contribution is 5.73. The summed E-state index contributed by atoms with van der Waals surface area (Å²) in [6, 6.07) is 0. The van der Waals surface area contributed by atoms with Gasteiger partial charge in [0.05, 0.1) is 18.6 Å². The second-order valence-corrected chi connectivity index (χ2v) is 13.1. The lowest BCUT2D eigenvalue weighted by atomic mass is 9.91. The molecule has 0 amide bonds. The molecule has 0 aliphatic carbocycles. The van der Waals surface area contributed by atoms with Crippen LogP contribution in [0.15, 0.2) is 0 Å². The highest BCUT2D eigenvalue weighted by Gasteiger charge is 2.27. The third-order valence-corrected chi connectivity index (χ3v) is 8.98. The van der Waals surface area contributed by atoms with Crippen LogP contribution in [0.2, 0.25) is 0 Å². The number of hydrogen-bond donors (Lipinski definition) is 1. The molecular formula is C38H76O3. The van der Waals surface area contributed by atoms with Gasteiger partial charge in [-0.3, -0.25) is 4.79 Å². The van der Waals surface area contributed by atoms with Crippen LogP contribution in [0, 0.1) is 5.92 Å². The Kier molecular flexibility index (Phi) is 33.5. The molecule has 0 aromatic rings. The first-order valence-corrected chi connectivity index (χ1v) is 19.0. The number of ether oxygens (including phenoxy) is 1. The van der Waals surface area contributed by atoms with Gasteiger partial charge in [0.1, 0.15) is 0 Å². The van der Waals surface area contributed by atoms with Crippen LogP contribution in [-0.4, -0.2) is 23.8 Å². The summed E-state index contributed by atoms with van der Waals surface area (Å²) in [5.41, 5.74) is 0. The van der Waals surface area contributed by atoms with Gasteiger partial charge in [0.25, 0.3) is 0 Å². The predicted octanol–water partition coefficient (Wildman–Crippen LogP) is 12.7. The lowest BCUT2D eigenvalue weighted by Crippen LogP contribution is -2.30. The molecule has 0 heterocycles. The Morgan fingerprint density at radius 3 is 1.10 bits per heavy atom. The maximum Gasteiger partial charge on any atom is 0.311 e. The van der Waals surface area contributed by atoms with Gasteiger partial charge in [0, 0.05) is 0 Å². The molecule has 2 atom stereocenters. The van der Waals surface area contributed by atoms with Crippen molar-refractivity contribution >= 4 is 5.97 Å². The Labute approximate surface area is 258 Å². The summed E-state index contributed by atoms with van der Waals surface area (Å²) in [5.74, 6) is -0.474. The average molecular weight is 581 g/mol. The second kappa shape index (κ2) is 33.9. The minimum Gasteiger partial charge on any atom is -0.465 e. The van der Waals surface area contributed by atoms with Crippen molar-refractivity contribution in [2.24, 2.45) is 5.92 Å². The first-order chi connectivity index (χ1) is 20.2. The van der Waals surface area contributed by atoms with Gasteiger partial charge in [-0.15, -0.1) is 0 Å². The Bertz CT molecular complexity index is 506. The normalized spacial score (nSPS) is 13.0. The molecule has 0 fully saturated rings. The zero-order valence-electron chi connectivity index (χ0n) is 28.5. The van der Waals surface area contributed by atoms with Crippen LogP contribution in [0.4, 0.5) is 0 Å². The van der Waals surface area contributed by atoms with Crippen molar-refractivity contribution in [2.45, 2.75) is 226 Å². The monoisotopic (exact) mass is 581 g/mol. The lowest BCUT2D eigenvalue weighted by Gasteiger charge is -2.22. The summed E-state index contributed by atoms with van der Waals surface area (Å²) >= 11 is 0. The number of aliphatic hydroxyl groups excluding tert-OH is 1. The smallest absolute Gasteiger partial charge is 0.311 e. The van der Waals surface area contributed by atoms with E-state index >= 15 is 0 Å². The van der Waals surface area contributed by atoms with E-state index in [0.717, 1.165) is 38.5 Å². The minimum absolute atomic E-state index is 0.142. The SMILES string of the molecule is CCCCCCCCCCCCCCCCC(C(=O)OCCCCCCCC)C(O)CCCCCCCCCCC. The summed E-state index contributed by atoms with van der Waals surface area (Å²) in [6.45, 7) is 7.31. The molecule has 3 heteroatoms. The molecule has 0 saturated carbocycles. The molecule has 0 saturated heterocycles. The van der Waals surface area contributed by atoms with E-state index in [0.29, 0.717) is 6.61 Å². The number of rotatable bonds is 34. The molecule has 0 radical (unpaired) electrons. The largest absolute Gasteiger partial charge is 0.465 e. The van der Waals surface area contributed by atoms with Crippen molar-refractivity contribution in [1.82, 2.24) is 0 Å². The fourth-order valence-corrected chi connectivity index (χ4v) is 6.05. The highest BCUT2D eigenvalue weighted by atomic mass is 16.5. The van der Waals surface area contributed by atoms with E-state index in [4.69, 9.17) is 4.74 Å². The molecule has 3 nitrogen and oxygen atoms in total. The van der Waals surface area contributed by atoms with Crippen LogP contribution >= 0.6 is 0 Å². The van der Waals surface area contributed by atoms with Gasteiger partial charge in [0.15, 0.2) is 0 Å². The van der Waals surface area contributed by atoms with Crippen molar-refractivity contribution in [3.05, 3.63) is 0 Å². The van der Waals surface area contributed by atoms with Crippen LogP contribution in [0.25, 0.3) is 0 Å². The average Bonchev–Trinajstić information content (AvgIpc) is 2.97. The van der Waals surface area contributed by atoms with Gasteiger partial charge in [-0.25, -0.2) is 0 Å². The number of carbonyl (C=O) groups excluding carboxylic acids is 1. The van der Waals surface area contributed by atoms with Gasteiger partial charge in [0.2, 0.25) is 0 Å². The van der Waals surface area contributed by atoms with Crippen molar-refractivity contribution in [2.75, 3.05) is 6.61 Å². The number of aliphatic hydroxyl groups is 1. The molecule has 0 bridgehead atoms. The molecular weight excluding hydrogens is 504 g/mol. The van der Waals surface area contributed by atoms with Crippen molar-refractivity contribution < 1.29 is 14.6 Å². The van der Waals surface area contributed by atoms with Gasteiger partial charge in [-0.05, 0) is 19.3 Å². The maximum absolute atomic E-state index is 13.0. The number of unbranched alkanes of at least 4 members (excludes halogenated alkanes) is 26. The Morgan fingerprint density at radius 2 is 0.732 bits per heavy atom. The molecule has 0 aromatic heterocycles. The van der Waals surface area contributed by atoms with Crippen LogP contribution in [0.5, 0.6) is 0 Å². The standard InChI is InChI=1S/C38H76O3/c1-4-7-10-13-16-18-19-20-21-22-24-25-27-30-33-36(38(40)41-35-32-29-15-12-9-6-3)37(39)34-31-28-26-23-17-14-11-8-5-2/h36-37,39H,4-35H2,1-3H3. The molecule has 246 valence electrons. The van der Waals surface area contributed by atoms with Gasteiger partial charge in [-0.1, -0.05) is 201 Å². The Balaban J connectivity index is 4.15. The molecule has 41 heavy (non-hydrogen) atoms. The molecule has 0 aliphatic heterocycles. The van der Waals surface area contributed by atoms with Crippen LogP contribution in [0.1, 0.15) is 220 Å². The second-order valence-electron chi connectivity index (χ2n) is 13.1. The first-order valence-electron chi connectivity index (χ1n) is 19.0. The third kappa shape index (κ3) is 29.3. The summed E-state index contributed by atoms with van der Waals surface area (Å²) in [7, 11) is 0. The number of carbonyl (C=O) groups is 1. The first kappa shape index (κ1) is 40.4. The van der Waals surface area contributed by atoms with E-state index in [-0.39, 0.29) is 11.9 Å². The Morgan fingerprint density at radius 1 is 0.439 bits per heavy atom. The van der Waals surface area contributed by atoms with Crippen molar-refractivity contribution in [3.63, 3.8) is 0 Å². The van der Waals surface area contributed by atoms with E-state index in [1.807, 2.05) is 0 Å². The quantitative estimate of drug-likeness (QED) is 0.0608. The molecule has 0 spiro atoms. The van der Waals surface area contributed by atoms with Crippen molar-refractivity contribution in [1.29, 1.82) is 0 Å². The van der Waals surface area contributed by atoms with Gasteiger partial charge < -0.3 is 9.84 Å². The zero-order chi connectivity index (χ0) is 30.1. The van der Waals surface area contributed by atoms with Crippen LogP contribution in [-0.2, 0) is 9.53 Å². The number of esters is 1. The van der Waals surface area contributed by atoms with E-state index in [2.05, 4.69) is 20.8 Å². The van der Waals surface area contributed by atoms with Gasteiger partial charge in [-0.2, -0.15) is 0 Å². The minimum atomic E-state index is -0.543. The molecule has 0 aromatic carbocycles.